The number of benzene rings is 1. The number of carbonyl (C=O) groups is 2. The van der Waals surface area contributed by atoms with E-state index in [0.717, 1.165) is 38.2 Å². The molecule has 0 atom stereocenters. The average molecular weight is 329 g/mol. The van der Waals surface area contributed by atoms with E-state index in [2.05, 4.69) is 17.2 Å². The molecule has 6 heteroatoms. The molecule has 0 radical (unpaired) electrons. The van der Waals surface area contributed by atoms with Crippen molar-refractivity contribution >= 4 is 17.6 Å². The van der Waals surface area contributed by atoms with E-state index in [4.69, 9.17) is 5.73 Å². The van der Waals surface area contributed by atoms with Gasteiger partial charge in [0.15, 0.2) is 0 Å². The van der Waals surface area contributed by atoms with Gasteiger partial charge >= 0.3 is 5.97 Å². The van der Waals surface area contributed by atoms with Crippen molar-refractivity contribution in [1.82, 2.24) is 4.90 Å². The second-order valence-corrected chi connectivity index (χ2v) is 5.90. The number of hydrogen-bond donors (Lipinski definition) is 3. The first-order chi connectivity index (χ1) is 11.5. The normalized spacial score (nSPS) is 14.7. The van der Waals surface area contributed by atoms with Gasteiger partial charge in [0, 0.05) is 37.8 Å². The van der Waals surface area contributed by atoms with Crippen LogP contribution in [0.1, 0.15) is 35.7 Å². The number of amides is 1. The standard InChI is InChI=1S/C18H23N3O3/c1-13(22)21-9-6-14(7-10-21)12-20-16-4-5-17(18(23)24)15(11-16)3-2-8-19/h4-5,11,14,20H,6-10,12,19H2,1H3,(H,23,24). The minimum atomic E-state index is -1.00. The molecule has 1 fully saturated rings. The molecule has 0 aliphatic carbocycles. The lowest BCUT2D eigenvalue weighted by atomic mass is 9.96. The number of aromatic carboxylic acids is 1. The van der Waals surface area contributed by atoms with Gasteiger partial charge in [-0.25, -0.2) is 4.79 Å². The molecule has 1 aliphatic heterocycles. The third-order valence-corrected chi connectivity index (χ3v) is 4.23. The summed E-state index contributed by atoms with van der Waals surface area (Å²) in [6.07, 6.45) is 1.94. The van der Waals surface area contributed by atoms with Crippen molar-refractivity contribution in [3.8, 4) is 11.8 Å². The van der Waals surface area contributed by atoms with Gasteiger partial charge in [0.25, 0.3) is 0 Å². The minimum absolute atomic E-state index is 0.133. The second kappa shape index (κ2) is 8.37. The van der Waals surface area contributed by atoms with Crippen molar-refractivity contribution in [1.29, 1.82) is 0 Å². The van der Waals surface area contributed by atoms with Crippen LogP contribution in [0, 0.1) is 17.8 Å². The van der Waals surface area contributed by atoms with Gasteiger partial charge in [-0.15, -0.1) is 0 Å². The summed E-state index contributed by atoms with van der Waals surface area (Å²) in [6.45, 7) is 4.18. The lowest BCUT2D eigenvalue weighted by Crippen LogP contribution is -2.38. The van der Waals surface area contributed by atoms with E-state index in [1.165, 1.54) is 0 Å². The van der Waals surface area contributed by atoms with Gasteiger partial charge in [-0.05, 0) is 37.0 Å². The molecule has 128 valence electrons. The number of rotatable bonds is 4. The highest BCUT2D eigenvalue weighted by Crippen LogP contribution is 2.20. The van der Waals surface area contributed by atoms with Crippen LogP contribution in [0.2, 0.25) is 0 Å². The van der Waals surface area contributed by atoms with Crippen LogP contribution in [0.25, 0.3) is 0 Å². The monoisotopic (exact) mass is 329 g/mol. The van der Waals surface area contributed by atoms with Crippen LogP contribution < -0.4 is 11.1 Å². The molecule has 0 aromatic heterocycles. The Morgan fingerprint density at radius 3 is 2.67 bits per heavy atom. The minimum Gasteiger partial charge on any atom is -0.478 e. The van der Waals surface area contributed by atoms with Crippen molar-refractivity contribution < 1.29 is 14.7 Å². The molecular weight excluding hydrogens is 306 g/mol. The van der Waals surface area contributed by atoms with Crippen LogP contribution in [0.4, 0.5) is 5.69 Å². The zero-order valence-electron chi connectivity index (χ0n) is 13.8. The molecule has 1 heterocycles. The summed E-state index contributed by atoms with van der Waals surface area (Å²) in [5, 5.41) is 12.6. The van der Waals surface area contributed by atoms with E-state index < -0.39 is 5.97 Å². The average Bonchev–Trinajstić information content (AvgIpc) is 2.58. The maximum Gasteiger partial charge on any atom is 0.336 e. The van der Waals surface area contributed by atoms with Crippen molar-refractivity contribution in [2.75, 3.05) is 31.5 Å². The fourth-order valence-electron chi connectivity index (χ4n) is 2.80. The highest BCUT2D eigenvalue weighted by Gasteiger charge is 2.20. The molecule has 1 saturated heterocycles. The smallest absolute Gasteiger partial charge is 0.336 e. The quantitative estimate of drug-likeness (QED) is 0.725. The van der Waals surface area contributed by atoms with Gasteiger partial charge in [0.05, 0.1) is 12.1 Å². The van der Waals surface area contributed by atoms with E-state index >= 15 is 0 Å². The predicted molar refractivity (Wildman–Crippen MR) is 92.8 cm³/mol. The number of nitrogens with zero attached hydrogens (tertiary/aromatic N) is 1. The highest BCUT2D eigenvalue weighted by molar-refractivity contribution is 5.91. The highest BCUT2D eigenvalue weighted by atomic mass is 16.4. The number of carboxylic acid groups (broad SMARTS) is 1. The third kappa shape index (κ3) is 4.74. The Kier molecular flexibility index (Phi) is 6.21. The van der Waals surface area contributed by atoms with Gasteiger partial charge in [-0.3, -0.25) is 4.79 Å². The number of piperidine rings is 1. The van der Waals surface area contributed by atoms with E-state index in [9.17, 15) is 14.7 Å². The molecule has 1 aromatic carbocycles. The van der Waals surface area contributed by atoms with Crippen LogP contribution in [0.15, 0.2) is 18.2 Å². The fourth-order valence-corrected chi connectivity index (χ4v) is 2.80. The zero-order chi connectivity index (χ0) is 17.5. The largest absolute Gasteiger partial charge is 0.478 e. The molecule has 24 heavy (non-hydrogen) atoms. The van der Waals surface area contributed by atoms with Crippen LogP contribution in [-0.2, 0) is 4.79 Å². The summed E-state index contributed by atoms with van der Waals surface area (Å²) in [5.41, 5.74) is 6.85. The number of carboxylic acids is 1. The van der Waals surface area contributed by atoms with E-state index in [0.29, 0.717) is 11.5 Å². The molecule has 6 nitrogen and oxygen atoms in total. The van der Waals surface area contributed by atoms with Crippen LogP contribution in [0.3, 0.4) is 0 Å². The van der Waals surface area contributed by atoms with E-state index in [1.54, 1.807) is 25.1 Å². The second-order valence-electron chi connectivity index (χ2n) is 5.90. The summed E-state index contributed by atoms with van der Waals surface area (Å²) in [4.78, 5) is 24.4. The Hall–Kier alpha value is -2.52. The van der Waals surface area contributed by atoms with E-state index in [-0.39, 0.29) is 18.0 Å². The van der Waals surface area contributed by atoms with Gasteiger partial charge < -0.3 is 21.1 Å². The molecule has 0 bridgehead atoms. The summed E-state index contributed by atoms with van der Waals surface area (Å²) >= 11 is 0. The van der Waals surface area contributed by atoms with Gasteiger partial charge in [-0.2, -0.15) is 0 Å². The number of carbonyl (C=O) groups excluding carboxylic acids is 1. The zero-order valence-corrected chi connectivity index (χ0v) is 13.8. The third-order valence-electron chi connectivity index (χ3n) is 4.23. The summed E-state index contributed by atoms with van der Waals surface area (Å²) in [6, 6.07) is 5.06. The first-order valence-corrected chi connectivity index (χ1v) is 8.07. The van der Waals surface area contributed by atoms with Crippen molar-refractivity contribution in [2.24, 2.45) is 11.7 Å². The maximum absolute atomic E-state index is 11.3. The van der Waals surface area contributed by atoms with Crippen LogP contribution in [0.5, 0.6) is 0 Å². The summed E-state index contributed by atoms with van der Waals surface area (Å²) < 4.78 is 0. The Bertz CT molecular complexity index is 668. The summed E-state index contributed by atoms with van der Waals surface area (Å²) in [7, 11) is 0. The van der Waals surface area contributed by atoms with Crippen molar-refractivity contribution in [3.05, 3.63) is 29.3 Å². The molecule has 1 amide bonds. The molecule has 4 N–H and O–H groups in total. The first-order valence-electron chi connectivity index (χ1n) is 8.07. The Morgan fingerprint density at radius 1 is 1.38 bits per heavy atom. The first kappa shape index (κ1) is 17.8. The number of likely N-dealkylation sites (tertiary alicyclic amines) is 1. The predicted octanol–water partition coefficient (Wildman–Crippen LogP) is 1.37. The Labute approximate surface area is 142 Å². The number of nitrogens with two attached hydrogens (primary N) is 1. The van der Waals surface area contributed by atoms with Crippen LogP contribution in [-0.4, -0.2) is 48.1 Å². The van der Waals surface area contributed by atoms with Gasteiger partial charge in [0.2, 0.25) is 5.91 Å². The fraction of sp³-hybridized carbons (Fsp3) is 0.444. The summed E-state index contributed by atoms with van der Waals surface area (Å²) in [5.74, 6) is 5.14. The number of anilines is 1. The van der Waals surface area contributed by atoms with Gasteiger partial charge in [0.1, 0.15) is 0 Å². The lowest BCUT2D eigenvalue weighted by molar-refractivity contribution is -0.130. The Morgan fingerprint density at radius 2 is 2.08 bits per heavy atom. The number of hydrogen-bond acceptors (Lipinski definition) is 4. The molecular formula is C18H23N3O3. The number of nitrogens with one attached hydrogen (secondary N) is 1. The molecule has 0 unspecified atom stereocenters. The topological polar surface area (TPSA) is 95.7 Å². The van der Waals surface area contributed by atoms with Crippen molar-refractivity contribution in [3.63, 3.8) is 0 Å². The van der Waals surface area contributed by atoms with E-state index in [1.807, 2.05) is 4.90 Å². The molecule has 2 rings (SSSR count). The molecule has 0 spiro atoms. The Balaban J connectivity index is 1.98. The molecule has 1 aliphatic rings. The lowest BCUT2D eigenvalue weighted by Gasteiger charge is -2.31. The molecule has 1 aromatic rings. The van der Waals surface area contributed by atoms with Crippen molar-refractivity contribution in [2.45, 2.75) is 19.8 Å². The SMILES string of the molecule is CC(=O)N1CCC(CNc2ccc(C(=O)O)c(C#CCN)c2)CC1. The maximum atomic E-state index is 11.3. The van der Waals surface area contributed by atoms with Gasteiger partial charge in [-0.1, -0.05) is 11.8 Å². The molecule has 0 saturated carbocycles. The van der Waals surface area contributed by atoms with Crippen LogP contribution >= 0.6 is 0 Å².